The van der Waals surface area contributed by atoms with Gasteiger partial charge in [-0.1, -0.05) is 6.07 Å². The molecule has 2 aliphatic rings. The summed E-state index contributed by atoms with van der Waals surface area (Å²) < 4.78 is 26.9. The number of halogens is 2. The highest BCUT2D eigenvalue weighted by Gasteiger charge is 2.28. The molecule has 0 aromatic heterocycles. The Morgan fingerprint density at radius 3 is 2.29 bits per heavy atom. The van der Waals surface area contributed by atoms with Crippen molar-refractivity contribution in [1.82, 2.24) is 15.1 Å². The van der Waals surface area contributed by atoms with Gasteiger partial charge in [-0.2, -0.15) is 0 Å². The van der Waals surface area contributed by atoms with E-state index in [0.29, 0.717) is 25.9 Å². The highest BCUT2D eigenvalue weighted by atomic mass is 19.2. The molecule has 0 spiro atoms. The molecule has 24 heavy (non-hydrogen) atoms. The van der Waals surface area contributed by atoms with E-state index in [0.717, 1.165) is 32.0 Å². The Balaban J connectivity index is 1.52. The van der Waals surface area contributed by atoms with E-state index in [1.165, 1.54) is 12.1 Å². The Morgan fingerprint density at radius 1 is 1.00 bits per heavy atom. The van der Waals surface area contributed by atoms with Gasteiger partial charge in [-0.15, -0.1) is 0 Å². The first-order chi connectivity index (χ1) is 11.6. The van der Waals surface area contributed by atoms with Gasteiger partial charge in [0.25, 0.3) is 5.91 Å². The van der Waals surface area contributed by atoms with Gasteiger partial charge in [-0.05, 0) is 37.8 Å². The summed E-state index contributed by atoms with van der Waals surface area (Å²) in [5.74, 6) is -2.78. The molecule has 1 N–H and O–H groups in total. The fourth-order valence-corrected chi connectivity index (χ4v) is 3.27. The van der Waals surface area contributed by atoms with Crippen LogP contribution < -0.4 is 5.32 Å². The van der Waals surface area contributed by atoms with Gasteiger partial charge < -0.3 is 15.1 Å². The van der Waals surface area contributed by atoms with Crippen LogP contribution in [0.3, 0.4) is 0 Å². The largest absolute Gasteiger partial charge is 0.349 e. The Labute approximate surface area is 139 Å². The summed E-state index contributed by atoms with van der Waals surface area (Å²) in [6, 6.07) is 3.48. The van der Waals surface area contributed by atoms with Gasteiger partial charge in [0.1, 0.15) is 0 Å². The first-order valence-corrected chi connectivity index (χ1v) is 8.35. The zero-order chi connectivity index (χ0) is 17.1. The van der Waals surface area contributed by atoms with Gasteiger partial charge in [-0.25, -0.2) is 13.6 Å². The Morgan fingerprint density at radius 2 is 1.62 bits per heavy atom. The minimum absolute atomic E-state index is 0.0634. The average molecular weight is 337 g/mol. The summed E-state index contributed by atoms with van der Waals surface area (Å²) in [5, 5.41) is 2.74. The molecule has 1 aromatic carbocycles. The second-order valence-corrected chi connectivity index (χ2v) is 6.31. The van der Waals surface area contributed by atoms with Crippen molar-refractivity contribution in [2.24, 2.45) is 0 Å². The molecule has 5 nitrogen and oxygen atoms in total. The van der Waals surface area contributed by atoms with Gasteiger partial charge in [-0.3, -0.25) is 4.79 Å². The third kappa shape index (κ3) is 3.49. The molecule has 3 rings (SSSR count). The molecule has 7 heteroatoms. The SMILES string of the molecule is O=C(NC1CCN(C(=O)N2CCCC2)CC1)c1cccc(F)c1F. The second kappa shape index (κ2) is 7.15. The quantitative estimate of drug-likeness (QED) is 0.901. The summed E-state index contributed by atoms with van der Waals surface area (Å²) in [7, 11) is 0. The fourth-order valence-electron chi connectivity index (χ4n) is 3.27. The van der Waals surface area contributed by atoms with Crippen molar-refractivity contribution in [1.29, 1.82) is 0 Å². The van der Waals surface area contributed by atoms with Crippen molar-refractivity contribution in [3.05, 3.63) is 35.4 Å². The number of urea groups is 1. The Kier molecular flexibility index (Phi) is 4.97. The summed E-state index contributed by atoms with van der Waals surface area (Å²) >= 11 is 0. The fraction of sp³-hybridized carbons (Fsp3) is 0.529. The predicted molar refractivity (Wildman–Crippen MR) is 84.6 cm³/mol. The maximum Gasteiger partial charge on any atom is 0.319 e. The molecular formula is C17H21F2N3O2. The zero-order valence-electron chi connectivity index (χ0n) is 13.4. The number of rotatable bonds is 2. The summed E-state index contributed by atoms with van der Waals surface area (Å²) in [6.07, 6.45) is 3.33. The summed E-state index contributed by atoms with van der Waals surface area (Å²) in [5.41, 5.74) is -0.287. The number of likely N-dealkylation sites (tertiary alicyclic amines) is 2. The number of amides is 3. The maximum atomic E-state index is 13.7. The number of nitrogens with one attached hydrogen (secondary N) is 1. The van der Waals surface area contributed by atoms with Crippen LogP contribution >= 0.6 is 0 Å². The van der Waals surface area contributed by atoms with E-state index in [9.17, 15) is 18.4 Å². The van der Waals surface area contributed by atoms with E-state index in [2.05, 4.69) is 5.32 Å². The second-order valence-electron chi connectivity index (χ2n) is 6.31. The topological polar surface area (TPSA) is 52.7 Å². The molecular weight excluding hydrogens is 316 g/mol. The lowest BCUT2D eigenvalue weighted by Gasteiger charge is -2.34. The van der Waals surface area contributed by atoms with Crippen LogP contribution in [0.15, 0.2) is 18.2 Å². The predicted octanol–water partition coefficient (Wildman–Crippen LogP) is 2.37. The molecule has 130 valence electrons. The number of hydrogen-bond acceptors (Lipinski definition) is 2. The molecule has 0 atom stereocenters. The molecule has 2 fully saturated rings. The number of carbonyl (C=O) groups is 2. The molecule has 0 unspecified atom stereocenters. The van der Waals surface area contributed by atoms with E-state index < -0.39 is 17.5 Å². The molecule has 0 saturated carbocycles. The normalized spacial score (nSPS) is 18.8. The van der Waals surface area contributed by atoms with Gasteiger partial charge in [0, 0.05) is 32.2 Å². The molecule has 1 aromatic rings. The molecule has 2 saturated heterocycles. The third-order valence-electron chi connectivity index (χ3n) is 4.67. The van der Waals surface area contributed by atoms with Crippen LogP contribution in [-0.4, -0.2) is 54.0 Å². The maximum absolute atomic E-state index is 13.7. The Hall–Kier alpha value is -2.18. The van der Waals surface area contributed by atoms with E-state index in [4.69, 9.17) is 0 Å². The van der Waals surface area contributed by atoms with Crippen LogP contribution in [0.5, 0.6) is 0 Å². The van der Waals surface area contributed by atoms with Gasteiger partial charge >= 0.3 is 6.03 Å². The van der Waals surface area contributed by atoms with Crippen LogP contribution in [-0.2, 0) is 0 Å². The van der Waals surface area contributed by atoms with Gasteiger partial charge in [0.2, 0.25) is 0 Å². The molecule has 0 aliphatic carbocycles. The molecule has 3 amide bonds. The van der Waals surface area contributed by atoms with Crippen molar-refractivity contribution in [2.45, 2.75) is 31.7 Å². The number of nitrogens with zero attached hydrogens (tertiary/aromatic N) is 2. The lowest BCUT2D eigenvalue weighted by atomic mass is 10.0. The lowest BCUT2D eigenvalue weighted by molar-refractivity contribution is 0.0907. The highest BCUT2D eigenvalue weighted by molar-refractivity contribution is 5.94. The van der Waals surface area contributed by atoms with Crippen LogP contribution in [0, 0.1) is 11.6 Å². The highest BCUT2D eigenvalue weighted by Crippen LogP contribution is 2.17. The van der Waals surface area contributed by atoms with Crippen LogP contribution in [0.2, 0.25) is 0 Å². The van der Waals surface area contributed by atoms with E-state index in [1.807, 2.05) is 4.90 Å². The monoisotopic (exact) mass is 337 g/mol. The first kappa shape index (κ1) is 16.7. The molecule has 2 aliphatic heterocycles. The van der Waals surface area contributed by atoms with Crippen molar-refractivity contribution in [2.75, 3.05) is 26.2 Å². The molecule has 2 heterocycles. The first-order valence-electron chi connectivity index (χ1n) is 8.35. The van der Waals surface area contributed by atoms with E-state index in [1.54, 1.807) is 4.90 Å². The van der Waals surface area contributed by atoms with Crippen LogP contribution in [0.25, 0.3) is 0 Å². The number of hydrogen-bond donors (Lipinski definition) is 1. The standard InChI is InChI=1S/C17H21F2N3O2/c18-14-5-3-4-13(15(14)19)16(23)20-12-6-10-22(11-7-12)17(24)21-8-1-2-9-21/h3-5,12H,1-2,6-11H2,(H,20,23). The number of carbonyl (C=O) groups excluding carboxylic acids is 2. The smallest absolute Gasteiger partial charge is 0.319 e. The van der Waals surface area contributed by atoms with E-state index >= 15 is 0 Å². The number of benzene rings is 1. The third-order valence-corrected chi connectivity index (χ3v) is 4.67. The zero-order valence-corrected chi connectivity index (χ0v) is 13.4. The summed E-state index contributed by atoms with van der Waals surface area (Å²) in [4.78, 5) is 28.1. The van der Waals surface area contributed by atoms with Gasteiger partial charge in [0.15, 0.2) is 11.6 Å². The Bertz CT molecular complexity index is 624. The lowest BCUT2D eigenvalue weighted by Crippen LogP contribution is -2.50. The van der Waals surface area contributed by atoms with E-state index in [-0.39, 0.29) is 17.6 Å². The van der Waals surface area contributed by atoms with Crippen LogP contribution in [0.1, 0.15) is 36.0 Å². The minimum Gasteiger partial charge on any atom is -0.349 e. The van der Waals surface area contributed by atoms with Crippen molar-refractivity contribution >= 4 is 11.9 Å². The molecule has 0 radical (unpaired) electrons. The minimum atomic E-state index is -1.13. The molecule has 0 bridgehead atoms. The van der Waals surface area contributed by atoms with Crippen molar-refractivity contribution in [3.63, 3.8) is 0 Å². The average Bonchev–Trinajstić information content (AvgIpc) is 3.12. The van der Waals surface area contributed by atoms with Crippen molar-refractivity contribution in [3.8, 4) is 0 Å². The van der Waals surface area contributed by atoms with Crippen LogP contribution in [0.4, 0.5) is 13.6 Å². The van der Waals surface area contributed by atoms with Crippen molar-refractivity contribution < 1.29 is 18.4 Å². The number of piperidine rings is 1. The van der Waals surface area contributed by atoms with Gasteiger partial charge in [0.05, 0.1) is 5.56 Å². The summed E-state index contributed by atoms with van der Waals surface area (Å²) in [6.45, 7) is 2.75.